The van der Waals surface area contributed by atoms with Crippen LogP contribution in [-0.2, 0) is 11.3 Å². The molecule has 8 heteroatoms. The predicted molar refractivity (Wildman–Crippen MR) is 138 cm³/mol. The topological polar surface area (TPSA) is 89.5 Å². The van der Waals surface area contributed by atoms with Crippen molar-refractivity contribution in [3.05, 3.63) is 87.7 Å². The van der Waals surface area contributed by atoms with Gasteiger partial charge in [-0.25, -0.2) is 4.98 Å². The molecule has 2 aromatic heterocycles. The highest BCUT2D eigenvalue weighted by Crippen LogP contribution is 2.35. The molecule has 0 unspecified atom stereocenters. The van der Waals surface area contributed by atoms with Crippen LogP contribution in [0.1, 0.15) is 36.6 Å². The number of fused-ring (bicyclic) bond motifs is 2. The quantitative estimate of drug-likeness (QED) is 0.407. The van der Waals surface area contributed by atoms with E-state index in [2.05, 4.69) is 14.5 Å². The minimum atomic E-state index is -0.210. The number of nitrogens with zero attached hydrogens (tertiary/aromatic N) is 3. The van der Waals surface area contributed by atoms with Crippen LogP contribution in [0.15, 0.2) is 59.4 Å². The molecule has 0 radical (unpaired) electrons. The molecule has 3 heterocycles. The van der Waals surface area contributed by atoms with Gasteiger partial charge in [-0.05, 0) is 69.7 Å². The lowest BCUT2D eigenvalue weighted by Gasteiger charge is -2.25. The fourth-order valence-electron chi connectivity index (χ4n) is 4.52. The number of H-pyrrole nitrogens is 1. The SMILES string of the molecule is Cc1cc(C=CC(=O)N(Cc2nc3ccccc3c(=O)[nH]2)C(C)C)c(C)n1-c1ccc2c(c1)OCO2. The summed E-state index contributed by atoms with van der Waals surface area (Å²) in [6.07, 6.45) is 3.41. The number of nitrogens with one attached hydrogen (secondary N) is 1. The molecule has 0 fully saturated rings. The molecule has 1 amide bonds. The van der Waals surface area contributed by atoms with Crippen molar-refractivity contribution in [3.8, 4) is 17.2 Å². The largest absolute Gasteiger partial charge is 0.454 e. The van der Waals surface area contributed by atoms with E-state index in [0.717, 1.165) is 34.1 Å². The van der Waals surface area contributed by atoms with Crippen LogP contribution in [0.3, 0.4) is 0 Å². The molecule has 1 aliphatic heterocycles. The Morgan fingerprint density at radius 2 is 1.92 bits per heavy atom. The molecule has 0 saturated carbocycles. The van der Waals surface area contributed by atoms with Crippen LogP contribution < -0.4 is 15.0 Å². The Kier molecular flexibility index (Phi) is 6.10. The molecule has 1 aliphatic rings. The summed E-state index contributed by atoms with van der Waals surface area (Å²) in [4.78, 5) is 34.7. The second-order valence-electron chi connectivity index (χ2n) is 9.12. The number of aromatic amines is 1. The van der Waals surface area contributed by atoms with E-state index in [4.69, 9.17) is 9.47 Å². The molecule has 0 aliphatic carbocycles. The van der Waals surface area contributed by atoms with E-state index >= 15 is 0 Å². The van der Waals surface area contributed by atoms with Crippen LogP contribution in [0.4, 0.5) is 0 Å². The van der Waals surface area contributed by atoms with Crippen LogP contribution in [0.5, 0.6) is 11.5 Å². The third-order valence-corrected chi connectivity index (χ3v) is 6.38. The summed E-state index contributed by atoms with van der Waals surface area (Å²) >= 11 is 0. The van der Waals surface area contributed by atoms with E-state index < -0.39 is 0 Å². The Hall–Kier alpha value is -4.33. The molecule has 4 aromatic rings. The first-order valence-electron chi connectivity index (χ1n) is 11.9. The maximum atomic E-state index is 13.2. The Morgan fingerprint density at radius 1 is 1.14 bits per heavy atom. The molecule has 0 spiro atoms. The first-order chi connectivity index (χ1) is 17.3. The number of benzene rings is 2. The minimum absolute atomic E-state index is 0.0833. The van der Waals surface area contributed by atoms with Crippen LogP contribution in [0.25, 0.3) is 22.7 Å². The van der Waals surface area contributed by atoms with Crippen LogP contribution in [0, 0.1) is 13.8 Å². The summed E-state index contributed by atoms with van der Waals surface area (Å²) in [5.41, 5.74) is 4.36. The van der Waals surface area contributed by atoms with Gasteiger partial charge in [-0.15, -0.1) is 0 Å². The highest BCUT2D eigenvalue weighted by Gasteiger charge is 2.19. The summed E-state index contributed by atoms with van der Waals surface area (Å²) in [6, 6.07) is 15.0. The lowest BCUT2D eigenvalue weighted by molar-refractivity contribution is -0.128. The second-order valence-corrected chi connectivity index (χ2v) is 9.12. The molecule has 0 bridgehead atoms. The fourth-order valence-corrected chi connectivity index (χ4v) is 4.52. The number of amides is 1. The van der Waals surface area contributed by atoms with Gasteiger partial charge in [0.2, 0.25) is 12.7 Å². The zero-order valence-electron chi connectivity index (χ0n) is 20.7. The van der Waals surface area contributed by atoms with E-state index in [1.807, 2.05) is 64.1 Å². The number of carbonyl (C=O) groups is 1. The van der Waals surface area contributed by atoms with Gasteiger partial charge in [0.1, 0.15) is 5.82 Å². The van der Waals surface area contributed by atoms with Crippen LogP contribution >= 0.6 is 0 Å². The van der Waals surface area contributed by atoms with Gasteiger partial charge in [-0.1, -0.05) is 12.1 Å². The number of aromatic nitrogens is 3. The van der Waals surface area contributed by atoms with Crippen LogP contribution in [0.2, 0.25) is 0 Å². The maximum absolute atomic E-state index is 13.2. The highest BCUT2D eigenvalue weighted by molar-refractivity contribution is 5.92. The first-order valence-corrected chi connectivity index (χ1v) is 11.9. The molecular formula is C28H28N4O4. The van der Waals surface area contributed by atoms with Gasteiger partial charge in [0.15, 0.2) is 11.5 Å². The Balaban J connectivity index is 1.38. The summed E-state index contributed by atoms with van der Waals surface area (Å²) in [5.74, 6) is 1.76. The molecule has 1 N–H and O–H groups in total. The van der Waals surface area contributed by atoms with Crippen molar-refractivity contribution >= 4 is 22.9 Å². The normalized spacial score (nSPS) is 12.7. The monoisotopic (exact) mass is 484 g/mol. The predicted octanol–water partition coefficient (Wildman–Crippen LogP) is 4.51. The molecule has 5 rings (SSSR count). The van der Waals surface area contributed by atoms with Crippen molar-refractivity contribution < 1.29 is 14.3 Å². The van der Waals surface area contributed by atoms with Crippen LogP contribution in [-0.4, -0.2) is 38.2 Å². The third-order valence-electron chi connectivity index (χ3n) is 6.38. The maximum Gasteiger partial charge on any atom is 0.258 e. The molecule has 8 nitrogen and oxygen atoms in total. The van der Waals surface area contributed by atoms with E-state index in [9.17, 15) is 9.59 Å². The van der Waals surface area contributed by atoms with Crippen molar-refractivity contribution in [2.75, 3.05) is 6.79 Å². The van der Waals surface area contributed by atoms with Crippen molar-refractivity contribution in [2.45, 2.75) is 40.3 Å². The first kappa shape index (κ1) is 23.4. The van der Waals surface area contributed by atoms with Crippen molar-refractivity contribution in [2.24, 2.45) is 0 Å². The minimum Gasteiger partial charge on any atom is -0.454 e. The number of ether oxygens (including phenoxy) is 2. The smallest absolute Gasteiger partial charge is 0.258 e. The van der Waals surface area contributed by atoms with Gasteiger partial charge in [0.25, 0.3) is 5.56 Å². The van der Waals surface area contributed by atoms with Gasteiger partial charge >= 0.3 is 0 Å². The number of rotatable bonds is 6. The molecule has 0 saturated heterocycles. The van der Waals surface area contributed by atoms with Crippen molar-refractivity contribution in [1.82, 2.24) is 19.4 Å². The summed E-state index contributed by atoms with van der Waals surface area (Å²) in [7, 11) is 0. The number of carbonyl (C=O) groups excluding carboxylic acids is 1. The number of hydrogen-bond donors (Lipinski definition) is 1. The number of aryl methyl sites for hydroxylation is 1. The summed E-state index contributed by atoms with van der Waals surface area (Å²) in [6.45, 7) is 8.36. The zero-order valence-corrected chi connectivity index (χ0v) is 20.7. The fraction of sp³-hybridized carbons (Fsp3) is 0.250. The lowest BCUT2D eigenvalue weighted by atomic mass is 10.2. The Labute approximate surface area is 208 Å². The summed E-state index contributed by atoms with van der Waals surface area (Å²) in [5, 5.41) is 0.529. The third kappa shape index (κ3) is 4.37. The Bertz CT molecular complexity index is 1550. The molecule has 184 valence electrons. The highest BCUT2D eigenvalue weighted by atomic mass is 16.7. The van der Waals surface area contributed by atoms with Gasteiger partial charge in [0.05, 0.1) is 17.4 Å². The molecule has 0 atom stereocenters. The number of para-hydroxylation sites is 1. The van der Waals surface area contributed by atoms with Gasteiger partial charge in [-0.2, -0.15) is 0 Å². The van der Waals surface area contributed by atoms with Crippen molar-refractivity contribution in [1.29, 1.82) is 0 Å². The Morgan fingerprint density at radius 3 is 2.72 bits per heavy atom. The zero-order chi connectivity index (χ0) is 25.4. The molecular weight excluding hydrogens is 456 g/mol. The van der Waals surface area contributed by atoms with E-state index in [1.165, 1.54) is 0 Å². The molecule has 2 aromatic carbocycles. The summed E-state index contributed by atoms with van der Waals surface area (Å²) < 4.78 is 13.1. The average molecular weight is 485 g/mol. The second kappa shape index (κ2) is 9.37. The standard InChI is InChI=1S/C28H28N4O4/c1-17(2)31(15-26-29-23-8-6-5-7-22(23)28(34)30-26)27(33)12-9-20-13-18(3)32(19(20)4)21-10-11-24-25(14-21)36-16-35-24/h5-14,17H,15-16H2,1-4H3,(H,29,30,34). The lowest BCUT2D eigenvalue weighted by Crippen LogP contribution is -2.36. The van der Waals surface area contributed by atoms with Gasteiger partial charge < -0.3 is 23.9 Å². The van der Waals surface area contributed by atoms with Gasteiger partial charge in [-0.3, -0.25) is 9.59 Å². The van der Waals surface area contributed by atoms with Crippen molar-refractivity contribution in [3.63, 3.8) is 0 Å². The molecule has 36 heavy (non-hydrogen) atoms. The van der Waals surface area contributed by atoms with E-state index in [1.54, 1.807) is 29.2 Å². The van der Waals surface area contributed by atoms with E-state index in [0.29, 0.717) is 16.7 Å². The van der Waals surface area contributed by atoms with Gasteiger partial charge in [0, 0.05) is 35.3 Å². The average Bonchev–Trinajstić information content (AvgIpc) is 3.43. The van der Waals surface area contributed by atoms with E-state index in [-0.39, 0.29) is 30.8 Å². The number of hydrogen-bond acceptors (Lipinski definition) is 5.